The van der Waals surface area contributed by atoms with E-state index in [0.29, 0.717) is 23.2 Å². The van der Waals surface area contributed by atoms with Gasteiger partial charge in [-0.25, -0.2) is 9.97 Å². The molecule has 0 amide bonds. The Morgan fingerprint density at radius 3 is 3.00 bits per heavy atom. The van der Waals surface area contributed by atoms with Crippen molar-refractivity contribution in [3.8, 4) is 11.5 Å². The SMILES string of the molecule is COc1ccc(Nc2nc(C3=CC4CC45N=CSC5=C3)cn3ccnc23)cc1OC. The van der Waals surface area contributed by atoms with E-state index in [9.17, 15) is 0 Å². The minimum Gasteiger partial charge on any atom is -0.493 e. The summed E-state index contributed by atoms with van der Waals surface area (Å²) in [6, 6.07) is 5.69. The van der Waals surface area contributed by atoms with Crippen LogP contribution in [0.3, 0.4) is 0 Å². The molecule has 1 spiro atoms. The normalized spacial score (nSPS) is 23.5. The zero-order valence-corrected chi connectivity index (χ0v) is 17.3. The van der Waals surface area contributed by atoms with Gasteiger partial charge < -0.3 is 19.2 Å². The van der Waals surface area contributed by atoms with Crippen LogP contribution in [0, 0.1) is 5.92 Å². The van der Waals surface area contributed by atoms with Crippen LogP contribution in [-0.4, -0.2) is 39.7 Å². The van der Waals surface area contributed by atoms with Gasteiger partial charge >= 0.3 is 0 Å². The molecule has 7 nitrogen and oxygen atoms in total. The fraction of sp³-hybridized carbons (Fsp3) is 0.227. The maximum atomic E-state index is 5.42. The van der Waals surface area contributed by atoms with Gasteiger partial charge in [0.25, 0.3) is 0 Å². The molecule has 0 bridgehead atoms. The number of thioether (sulfide) groups is 1. The molecule has 1 aromatic carbocycles. The molecule has 2 atom stereocenters. The molecule has 0 saturated heterocycles. The van der Waals surface area contributed by atoms with Gasteiger partial charge in [-0.3, -0.25) is 4.99 Å². The highest BCUT2D eigenvalue weighted by atomic mass is 32.2. The van der Waals surface area contributed by atoms with Crippen LogP contribution < -0.4 is 14.8 Å². The largest absolute Gasteiger partial charge is 0.493 e. The highest BCUT2D eigenvalue weighted by Crippen LogP contribution is 2.62. The van der Waals surface area contributed by atoms with Gasteiger partial charge in [-0.1, -0.05) is 17.8 Å². The third kappa shape index (κ3) is 2.56. The fourth-order valence-electron chi connectivity index (χ4n) is 4.18. The lowest BCUT2D eigenvalue weighted by atomic mass is 10.0. The Labute approximate surface area is 177 Å². The lowest BCUT2D eigenvalue weighted by Crippen LogP contribution is -2.10. The number of allylic oxidation sites excluding steroid dienone is 2. The first-order chi connectivity index (χ1) is 14.7. The molecule has 30 heavy (non-hydrogen) atoms. The molecule has 1 aliphatic heterocycles. The van der Waals surface area contributed by atoms with Gasteiger partial charge in [-0.2, -0.15) is 0 Å². The third-order valence-corrected chi connectivity index (χ3v) is 6.79. The van der Waals surface area contributed by atoms with E-state index in [1.54, 1.807) is 32.2 Å². The molecular weight excluding hydrogens is 398 g/mol. The van der Waals surface area contributed by atoms with E-state index in [1.807, 2.05) is 40.5 Å². The summed E-state index contributed by atoms with van der Waals surface area (Å²) >= 11 is 1.73. The number of nitrogens with zero attached hydrogens (tertiary/aromatic N) is 4. The summed E-state index contributed by atoms with van der Waals surface area (Å²) in [5.74, 6) is 2.49. The Kier molecular flexibility index (Phi) is 3.73. The maximum Gasteiger partial charge on any atom is 0.180 e. The van der Waals surface area contributed by atoms with Crippen molar-refractivity contribution in [3.05, 3.63) is 59.5 Å². The van der Waals surface area contributed by atoms with E-state index in [1.165, 1.54) is 4.91 Å². The van der Waals surface area contributed by atoms with Crippen molar-refractivity contribution in [3.63, 3.8) is 0 Å². The first-order valence-corrected chi connectivity index (χ1v) is 10.6. The Bertz CT molecular complexity index is 1280. The number of methoxy groups -OCH3 is 2. The predicted molar refractivity (Wildman–Crippen MR) is 119 cm³/mol. The second-order valence-corrected chi connectivity index (χ2v) is 8.43. The van der Waals surface area contributed by atoms with Crippen molar-refractivity contribution in [2.45, 2.75) is 12.0 Å². The molecule has 1 fully saturated rings. The van der Waals surface area contributed by atoms with Crippen LogP contribution in [0.1, 0.15) is 12.1 Å². The molecule has 2 unspecified atom stereocenters. The van der Waals surface area contributed by atoms with Crippen molar-refractivity contribution in [2.24, 2.45) is 10.9 Å². The molecule has 6 rings (SSSR count). The van der Waals surface area contributed by atoms with Gasteiger partial charge in [-0.05, 0) is 30.2 Å². The number of fused-ring (bicyclic) bond motifs is 1. The predicted octanol–water partition coefficient (Wildman–Crippen LogP) is 4.30. The topological polar surface area (TPSA) is 73.0 Å². The van der Waals surface area contributed by atoms with Crippen molar-refractivity contribution in [2.75, 3.05) is 19.5 Å². The van der Waals surface area contributed by atoms with Crippen LogP contribution in [0.25, 0.3) is 11.2 Å². The summed E-state index contributed by atoms with van der Waals surface area (Å²) in [6.45, 7) is 0. The molecular formula is C22H19N5O2S. The summed E-state index contributed by atoms with van der Waals surface area (Å²) in [5, 5.41) is 3.40. The number of anilines is 2. The smallest absolute Gasteiger partial charge is 0.180 e. The summed E-state index contributed by atoms with van der Waals surface area (Å²) < 4.78 is 12.8. The Morgan fingerprint density at radius 2 is 2.13 bits per heavy atom. The van der Waals surface area contributed by atoms with Crippen LogP contribution in [0.4, 0.5) is 11.5 Å². The van der Waals surface area contributed by atoms with E-state index >= 15 is 0 Å². The number of hydrogen-bond donors (Lipinski definition) is 1. The van der Waals surface area contributed by atoms with Gasteiger partial charge in [0.2, 0.25) is 0 Å². The highest BCUT2D eigenvalue weighted by molar-refractivity contribution is 8.15. The molecule has 8 heteroatoms. The van der Waals surface area contributed by atoms with Gasteiger partial charge in [0, 0.05) is 41.2 Å². The number of rotatable bonds is 5. The maximum absolute atomic E-state index is 5.42. The summed E-state index contributed by atoms with van der Waals surface area (Å²) in [4.78, 5) is 15.4. The average molecular weight is 417 g/mol. The van der Waals surface area contributed by atoms with Gasteiger partial charge in [-0.15, -0.1) is 0 Å². The fourth-order valence-corrected chi connectivity index (χ4v) is 5.22. The molecule has 0 radical (unpaired) electrons. The Hall–Kier alpha value is -3.26. The number of ether oxygens (including phenoxy) is 2. The lowest BCUT2D eigenvalue weighted by Gasteiger charge is -2.16. The minimum atomic E-state index is 0.0357. The number of benzene rings is 1. The number of imidazole rings is 1. The number of aromatic nitrogens is 3. The van der Waals surface area contributed by atoms with Gasteiger partial charge in [0.05, 0.1) is 31.0 Å². The van der Waals surface area contributed by atoms with E-state index < -0.39 is 0 Å². The standard InChI is InChI=1S/C22H19N5O2S/c1-28-17-4-3-15(9-18(17)29-2)25-20-21-23-5-6-27(21)11-16(26-20)13-7-14-10-22(14)19(8-13)30-12-24-22/h3-9,11-12,14H,10H2,1-2H3,(H,25,26). The first-order valence-electron chi connectivity index (χ1n) is 9.68. The molecule has 1 saturated carbocycles. The molecule has 3 heterocycles. The Balaban J connectivity index is 1.40. The number of nitrogens with one attached hydrogen (secondary N) is 1. The van der Waals surface area contributed by atoms with Crippen molar-refractivity contribution >= 4 is 40.0 Å². The average Bonchev–Trinajstić information content (AvgIpc) is 3.09. The van der Waals surface area contributed by atoms with Crippen molar-refractivity contribution < 1.29 is 9.47 Å². The van der Waals surface area contributed by atoms with Crippen LogP contribution in [0.15, 0.2) is 58.8 Å². The second kappa shape index (κ2) is 6.37. The summed E-state index contributed by atoms with van der Waals surface area (Å²) in [5.41, 5.74) is 5.65. The first kappa shape index (κ1) is 17.6. The Morgan fingerprint density at radius 1 is 1.23 bits per heavy atom. The summed E-state index contributed by atoms with van der Waals surface area (Å²) in [7, 11) is 3.25. The highest BCUT2D eigenvalue weighted by Gasteiger charge is 2.59. The molecule has 150 valence electrons. The van der Waals surface area contributed by atoms with Gasteiger partial charge in [0.1, 0.15) is 0 Å². The van der Waals surface area contributed by atoms with Crippen molar-refractivity contribution in [1.82, 2.24) is 14.4 Å². The lowest BCUT2D eigenvalue weighted by molar-refractivity contribution is 0.355. The monoisotopic (exact) mass is 417 g/mol. The molecule has 2 aromatic heterocycles. The minimum absolute atomic E-state index is 0.0357. The zero-order chi connectivity index (χ0) is 20.3. The quantitative estimate of drug-likeness (QED) is 0.667. The second-order valence-electron chi connectivity index (χ2n) is 7.55. The van der Waals surface area contributed by atoms with E-state index in [-0.39, 0.29) is 5.54 Å². The molecule has 3 aliphatic rings. The zero-order valence-electron chi connectivity index (χ0n) is 16.5. The van der Waals surface area contributed by atoms with E-state index in [0.717, 1.165) is 29.0 Å². The summed E-state index contributed by atoms with van der Waals surface area (Å²) in [6.07, 6.45) is 11.4. The number of aliphatic imine (C=N–C) groups is 1. The van der Waals surface area contributed by atoms with E-state index in [2.05, 4.69) is 22.5 Å². The van der Waals surface area contributed by atoms with Crippen molar-refractivity contribution in [1.29, 1.82) is 0 Å². The number of hydrogen-bond acceptors (Lipinski definition) is 7. The molecule has 3 aromatic rings. The van der Waals surface area contributed by atoms with Gasteiger partial charge in [0.15, 0.2) is 23.0 Å². The van der Waals surface area contributed by atoms with Crippen LogP contribution in [-0.2, 0) is 0 Å². The van der Waals surface area contributed by atoms with Crippen LogP contribution in [0.5, 0.6) is 11.5 Å². The third-order valence-electron chi connectivity index (χ3n) is 5.86. The molecule has 1 N–H and O–H groups in total. The van der Waals surface area contributed by atoms with Crippen LogP contribution in [0.2, 0.25) is 0 Å². The molecule has 2 aliphatic carbocycles. The van der Waals surface area contributed by atoms with Crippen LogP contribution >= 0.6 is 11.8 Å². The van der Waals surface area contributed by atoms with E-state index in [4.69, 9.17) is 19.5 Å².